The van der Waals surface area contributed by atoms with E-state index < -0.39 is 0 Å². The Morgan fingerprint density at radius 2 is 2.18 bits per heavy atom. The number of aromatic nitrogens is 2. The standard InChI is InChI=1S/C16H23N5O/c1-21(2)9-8-20-16(22)14-5-3-4-13(10-14)11-17-12-15-18-6-7-19-15/h3-7,10,17H,8-9,11-12H2,1-2H3,(H,18,19)(H,20,22). The van der Waals surface area contributed by atoms with E-state index in [1.807, 2.05) is 43.3 Å². The number of hydrogen-bond acceptors (Lipinski definition) is 4. The Labute approximate surface area is 130 Å². The van der Waals surface area contributed by atoms with Crippen molar-refractivity contribution in [3.8, 4) is 0 Å². The SMILES string of the molecule is CN(C)CCNC(=O)c1cccc(CNCc2ncc[nH]2)c1. The van der Waals surface area contributed by atoms with E-state index in [0.717, 1.165) is 17.9 Å². The van der Waals surface area contributed by atoms with E-state index >= 15 is 0 Å². The first-order valence-corrected chi connectivity index (χ1v) is 7.36. The first kappa shape index (κ1) is 16.2. The second kappa shape index (κ2) is 8.31. The van der Waals surface area contributed by atoms with Crippen molar-refractivity contribution in [2.45, 2.75) is 13.1 Å². The first-order valence-electron chi connectivity index (χ1n) is 7.36. The van der Waals surface area contributed by atoms with Gasteiger partial charge in [0, 0.05) is 37.6 Å². The summed E-state index contributed by atoms with van der Waals surface area (Å²) < 4.78 is 0. The van der Waals surface area contributed by atoms with Crippen LogP contribution < -0.4 is 10.6 Å². The molecule has 1 amide bonds. The minimum absolute atomic E-state index is 0.0327. The summed E-state index contributed by atoms with van der Waals surface area (Å²) in [6, 6.07) is 7.66. The molecule has 6 nitrogen and oxygen atoms in total. The largest absolute Gasteiger partial charge is 0.351 e. The van der Waals surface area contributed by atoms with Gasteiger partial charge in [-0.15, -0.1) is 0 Å². The lowest BCUT2D eigenvalue weighted by molar-refractivity contribution is 0.0951. The van der Waals surface area contributed by atoms with E-state index in [4.69, 9.17) is 0 Å². The maximum absolute atomic E-state index is 12.1. The molecule has 0 saturated carbocycles. The molecule has 1 aromatic carbocycles. The van der Waals surface area contributed by atoms with Gasteiger partial charge in [-0.1, -0.05) is 12.1 Å². The third kappa shape index (κ3) is 5.31. The van der Waals surface area contributed by atoms with Gasteiger partial charge in [0.25, 0.3) is 5.91 Å². The molecule has 1 heterocycles. The first-order chi connectivity index (χ1) is 10.6. The quantitative estimate of drug-likeness (QED) is 0.680. The molecule has 118 valence electrons. The summed E-state index contributed by atoms with van der Waals surface area (Å²) in [6.45, 7) is 2.84. The highest BCUT2D eigenvalue weighted by molar-refractivity contribution is 5.94. The van der Waals surface area contributed by atoms with Gasteiger partial charge in [-0.25, -0.2) is 4.98 Å². The van der Waals surface area contributed by atoms with Crippen LogP contribution in [0.1, 0.15) is 21.7 Å². The van der Waals surface area contributed by atoms with Crippen molar-refractivity contribution in [1.29, 1.82) is 0 Å². The number of carbonyl (C=O) groups excluding carboxylic acids is 1. The summed E-state index contributed by atoms with van der Waals surface area (Å²) >= 11 is 0. The van der Waals surface area contributed by atoms with Crippen LogP contribution in [0.2, 0.25) is 0 Å². The Hall–Kier alpha value is -2.18. The molecule has 22 heavy (non-hydrogen) atoms. The third-order valence-electron chi connectivity index (χ3n) is 3.21. The van der Waals surface area contributed by atoms with Crippen molar-refractivity contribution in [2.24, 2.45) is 0 Å². The predicted octanol–water partition coefficient (Wildman–Crippen LogP) is 0.991. The molecule has 6 heteroatoms. The summed E-state index contributed by atoms with van der Waals surface area (Å²) in [4.78, 5) is 21.3. The summed E-state index contributed by atoms with van der Waals surface area (Å²) in [5.74, 6) is 0.868. The van der Waals surface area contributed by atoms with Gasteiger partial charge in [0.05, 0.1) is 6.54 Å². The summed E-state index contributed by atoms with van der Waals surface area (Å²) in [5, 5.41) is 6.22. The van der Waals surface area contributed by atoms with Gasteiger partial charge >= 0.3 is 0 Å². The number of hydrogen-bond donors (Lipinski definition) is 3. The van der Waals surface area contributed by atoms with Crippen LogP contribution in [0, 0.1) is 0 Å². The molecule has 1 aromatic heterocycles. The van der Waals surface area contributed by atoms with Crippen LogP contribution in [0.15, 0.2) is 36.7 Å². The molecule has 3 N–H and O–H groups in total. The lowest BCUT2D eigenvalue weighted by Crippen LogP contribution is -2.31. The van der Waals surface area contributed by atoms with E-state index in [1.165, 1.54) is 0 Å². The molecule has 0 unspecified atom stereocenters. The second-order valence-corrected chi connectivity index (χ2v) is 5.40. The predicted molar refractivity (Wildman–Crippen MR) is 86.5 cm³/mol. The normalized spacial score (nSPS) is 10.9. The summed E-state index contributed by atoms with van der Waals surface area (Å²) in [7, 11) is 3.97. The number of nitrogens with zero attached hydrogens (tertiary/aromatic N) is 2. The Morgan fingerprint density at radius 3 is 2.91 bits per heavy atom. The van der Waals surface area contributed by atoms with Gasteiger partial charge in [-0.3, -0.25) is 4.79 Å². The maximum Gasteiger partial charge on any atom is 0.251 e. The minimum Gasteiger partial charge on any atom is -0.351 e. The highest BCUT2D eigenvalue weighted by Gasteiger charge is 2.06. The van der Waals surface area contributed by atoms with E-state index in [1.54, 1.807) is 12.4 Å². The van der Waals surface area contributed by atoms with E-state index in [-0.39, 0.29) is 5.91 Å². The van der Waals surface area contributed by atoms with E-state index in [2.05, 4.69) is 20.6 Å². The van der Waals surface area contributed by atoms with E-state index in [9.17, 15) is 4.79 Å². The van der Waals surface area contributed by atoms with Crippen molar-refractivity contribution in [3.05, 3.63) is 53.6 Å². The monoisotopic (exact) mass is 301 g/mol. The summed E-state index contributed by atoms with van der Waals surface area (Å²) in [5.41, 5.74) is 1.77. The fourth-order valence-electron chi connectivity index (χ4n) is 2.04. The Morgan fingerprint density at radius 1 is 1.32 bits per heavy atom. The van der Waals surface area contributed by atoms with Gasteiger partial charge in [-0.2, -0.15) is 0 Å². The van der Waals surface area contributed by atoms with Crippen molar-refractivity contribution < 1.29 is 4.79 Å². The third-order valence-corrected chi connectivity index (χ3v) is 3.21. The molecular formula is C16H23N5O. The van der Waals surface area contributed by atoms with Crippen LogP contribution in [-0.4, -0.2) is 48.0 Å². The molecule has 0 saturated heterocycles. The second-order valence-electron chi connectivity index (χ2n) is 5.40. The Bertz CT molecular complexity index is 580. The van der Waals surface area contributed by atoms with Crippen molar-refractivity contribution in [2.75, 3.05) is 27.2 Å². The fourth-order valence-corrected chi connectivity index (χ4v) is 2.04. The van der Waals surface area contributed by atoms with Crippen molar-refractivity contribution in [1.82, 2.24) is 25.5 Å². The molecule has 0 spiro atoms. The van der Waals surface area contributed by atoms with Crippen LogP contribution in [0.5, 0.6) is 0 Å². The maximum atomic E-state index is 12.1. The molecule has 0 aliphatic heterocycles. The van der Waals surface area contributed by atoms with Gasteiger partial charge in [0.15, 0.2) is 0 Å². The lowest BCUT2D eigenvalue weighted by Gasteiger charge is -2.11. The number of benzene rings is 1. The average Bonchev–Trinajstić information content (AvgIpc) is 3.00. The van der Waals surface area contributed by atoms with Gasteiger partial charge < -0.3 is 20.5 Å². The molecule has 2 aromatic rings. The smallest absolute Gasteiger partial charge is 0.251 e. The molecule has 0 bridgehead atoms. The van der Waals surface area contributed by atoms with Crippen LogP contribution in [0.25, 0.3) is 0 Å². The van der Waals surface area contributed by atoms with Crippen molar-refractivity contribution in [3.63, 3.8) is 0 Å². The zero-order valence-electron chi connectivity index (χ0n) is 13.1. The molecule has 0 radical (unpaired) electrons. The number of imidazole rings is 1. The zero-order valence-corrected chi connectivity index (χ0v) is 13.1. The zero-order chi connectivity index (χ0) is 15.8. The number of H-pyrrole nitrogens is 1. The van der Waals surface area contributed by atoms with Crippen LogP contribution in [0.4, 0.5) is 0 Å². The molecule has 0 aliphatic carbocycles. The van der Waals surface area contributed by atoms with Gasteiger partial charge in [0.1, 0.15) is 5.82 Å². The van der Waals surface area contributed by atoms with Crippen molar-refractivity contribution >= 4 is 5.91 Å². The molecule has 2 rings (SSSR count). The van der Waals surface area contributed by atoms with Crippen LogP contribution in [-0.2, 0) is 13.1 Å². The number of nitrogens with one attached hydrogen (secondary N) is 3. The van der Waals surface area contributed by atoms with Crippen LogP contribution >= 0.6 is 0 Å². The number of carbonyl (C=O) groups is 1. The number of likely N-dealkylation sites (N-methyl/N-ethyl adjacent to an activating group) is 1. The molecular weight excluding hydrogens is 278 g/mol. The Kier molecular flexibility index (Phi) is 6.12. The van der Waals surface area contributed by atoms with Gasteiger partial charge in [0.2, 0.25) is 0 Å². The highest BCUT2D eigenvalue weighted by atomic mass is 16.1. The lowest BCUT2D eigenvalue weighted by atomic mass is 10.1. The fraction of sp³-hybridized carbons (Fsp3) is 0.375. The topological polar surface area (TPSA) is 73.1 Å². The minimum atomic E-state index is -0.0327. The van der Waals surface area contributed by atoms with E-state index in [0.29, 0.717) is 25.2 Å². The number of amides is 1. The number of rotatable bonds is 8. The molecule has 0 fully saturated rings. The molecule has 0 atom stereocenters. The average molecular weight is 301 g/mol. The highest BCUT2D eigenvalue weighted by Crippen LogP contribution is 2.05. The summed E-state index contributed by atoms with van der Waals surface area (Å²) in [6.07, 6.45) is 3.53. The van der Waals surface area contributed by atoms with Crippen LogP contribution in [0.3, 0.4) is 0 Å². The number of aromatic amines is 1. The van der Waals surface area contributed by atoms with Gasteiger partial charge in [-0.05, 0) is 31.8 Å². The Balaban J connectivity index is 1.82. The molecule has 0 aliphatic rings.